The number of anilines is 2. The average molecular weight is 560 g/mol. The lowest BCUT2D eigenvalue weighted by Crippen LogP contribution is -2.29. The predicted molar refractivity (Wildman–Crippen MR) is 154 cm³/mol. The van der Waals surface area contributed by atoms with E-state index in [0.717, 1.165) is 91.9 Å². The number of aryl methyl sites for hydroxylation is 2. The van der Waals surface area contributed by atoms with E-state index in [2.05, 4.69) is 35.2 Å². The largest absolute Gasteiger partial charge is 0.353 e. The highest BCUT2D eigenvalue weighted by molar-refractivity contribution is 7.12. The van der Waals surface area contributed by atoms with Gasteiger partial charge in [-0.2, -0.15) is 5.10 Å². The molecule has 0 spiro atoms. The highest BCUT2D eigenvalue weighted by Gasteiger charge is 2.35. The van der Waals surface area contributed by atoms with E-state index in [1.54, 1.807) is 11.3 Å². The first-order valence-electron chi connectivity index (χ1n) is 14.9. The molecule has 10 heteroatoms. The van der Waals surface area contributed by atoms with Crippen LogP contribution in [0.25, 0.3) is 0 Å². The van der Waals surface area contributed by atoms with Crippen molar-refractivity contribution in [2.45, 2.75) is 89.6 Å². The minimum Gasteiger partial charge on any atom is -0.353 e. The summed E-state index contributed by atoms with van der Waals surface area (Å²) in [4.78, 5) is 31.0. The smallest absolute Gasteiger partial charge is 0.224 e. The van der Waals surface area contributed by atoms with Crippen LogP contribution in [0.3, 0.4) is 0 Å². The Morgan fingerprint density at radius 1 is 1.07 bits per heavy atom. The molecule has 7 rings (SSSR count). The molecule has 3 fully saturated rings. The monoisotopic (exact) mass is 559 g/mol. The summed E-state index contributed by atoms with van der Waals surface area (Å²) < 4.78 is 2.17. The first kappa shape index (κ1) is 25.8. The normalized spacial score (nSPS) is 22.4. The van der Waals surface area contributed by atoms with Gasteiger partial charge >= 0.3 is 0 Å². The number of hydrogen-bond donors (Lipinski definition) is 1. The van der Waals surface area contributed by atoms with Crippen LogP contribution in [0.5, 0.6) is 0 Å². The van der Waals surface area contributed by atoms with Gasteiger partial charge in [-0.15, -0.1) is 26.6 Å². The minimum atomic E-state index is 0.182. The quantitative estimate of drug-likeness (QED) is 0.336. The minimum absolute atomic E-state index is 0.182. The fourth-order valence-electron chi connectivity index (χ4n) is 6.32. The van der Waals surface area contributed by atoms with Crippen molar-refractivity contribution in [3.63, 3.8) is 0 Å². The molecule has 2 atom stereocenters. The number of nitrogens with zero attached hydrogens (tertiary/aromatic N) is 6. The summed E-state index contributed by atoms with van der Waals surface area (Å²) in [5, 5.41) is 20.9. The number of thiophene rings is 1. The zero-order valence-electron chi connectivity index (χ0n) is 23.1. The molecule has 210 valence electrons. The van der Waals surface area contributed by atoms with Crippen molar-refractivity contribution in [2.75, 3.05) is 23.3 Å². The molecular weight excluding hydrogens is 522 g/mol. The van der Waals surface area contributed by atoms with Crippen LogP contribution in [-0.4, -0.2) is 55.7 Å². The van der Waals surface area contributed by atoms with Crippen molar-refractivity contribution in [3.8, 4) is 0 Å². The molecule has 9 nitrogen and oxygen atoms in total. The van der Waals surface area contributed by atoms with Crippen LogP contribution < -0.4 is 10.2 Å². The molecule has 0 bridgehead atoms. The van der Waals surface area contributed by atoms with Gasteiger partial charge in [0.25, 0.3) is 0 Å². The first-order chi connectivity index (χ1) is 19.5. The number of aromatic nitrogens is 5. The van der Waals surface area contributed by atoms with Crippen molar-refractivity contribution < 1.29 is 9.59 Å². The summed E-state index contributed by atoms with van der Waals surface area (Å²) in [7, 11) is 0. The second-order valence-corrected chi connectivity index (χ2v) is 13.4. The first-order valence-corrected chi connectivity index (χ1v) is 15.7. The molecule has 0 amide bonds. The van der Waals surface area contributed by atoms with Crippen molar-refractivity contribution >= 4 is 34.7 Å². The summed E-state index contributed by atoms with van der Waals surface area (Å²) >= 11 is 1.73. The van der Waals surface area contributed by atoms with E-state index in [1.807, 2.05) is 25.4 Å². The van der Waals surface area contributed by atoms with Gasteiger partial charge in [0.05, 0.1) is 5.69 Å². The summed E-state index contributed by atoms with van der Waals surface area (Å²) in [6.45, 7) is 3.70. The van der Waals surface area contributed by atoms with Gasteiger partial charge in [-0.05, 0) is 75.5 Å². The molecule has 0 radical (unpaired) electrons. The SMILES string of the molecule is Cc1ccc(N2CC[C@H](Nc3nncn3[C@H]3CCc4sc(CC(=O)C5CC5)c(C(=O)CCC5CC5)c4C3)C2)nn1. The van der Waals surface area contributed by atoms with Crippen molar-refractivity contribution in [1.82, 2.24) is 25.0 Å². The summed E-state index contributed by atoms with van der Waals surface area (Å²) in [5.74, 6) is 3.20. The number of Topliss-reactive ketones (excluding diaryl/α,β-unsaturated/α-hetero) is 2. The Hall–Kier alpha value is -3.14. The number of rotatable bonds is 11. The van der Waals surface area contributed by atoms with Crippen LogP contribution in [0.4, 0.5) is 11.8 Å². The van der Waals surface area contributed by atoms with Crippen LogP contribution >= 0.6 is 11.3 Å². The van der Waals surface area contributed by atoms with E-state index in [0.29, 0.717) is 18.6 Å². The second kappa shape index (κ2) is 10.7. The molecule has 0 unspecified atom stereocenters. The van der Waals surface area contributed by atoms with Crippen LogP contribution in [0, 0.1) is 18.8 Å². The fourth-order valence-corrected chi connectivity index (χ4v) is 7.70. The Kier molecular flexibility index (Phi) is 6.89. The number of ketones is 2. The standard InChI is InChI=1S/C30H37N7O2S/c1-18-2-11-28(34-33-18)36-13-12-21(16-36)32-30-35-31-17-37(30)22-8-10-26-23(14-22)29(24(38)9-5-19-3-4-19)27(40-26)15-25(39)20-6-7-20/h2,11,17,19-22H,3-10,12-16H2,1H3,(H,32,35)/t21-,22-/m0/s1. The Morgan fingerprint density at radius 3 is 2.73 bits per heavy atom. The van der Waals surface area contributed by atoms with Gasteiger partial charge in [0.2, 0.25) is 5.95 Å². The molecule has 1 saturated heterocycles. The van der Waals surface area contributed by atoms with Crippen molar-refractivity contribution in [3.05, 3.63) is 45.0 Å². The van der Waals surface area contributed by atoms with Gasteiger partial charge < -0.3 is 10.2 Å². The van der Waals surface area contributed by atoms with Crippen LogP contribution in [-0.2, 0) is 24.1 Å². The molecule has 40 heavy (non-hydrogen) atoms. The third kappa shape index (κ3) is 5.42. The van der Waals surface area contributed by atoms with Gasteiger partial charge in [-0.25, -0.2) is 0 Å². The third-order valence-corrected chi connectivity index (χ3v) is 10.3. The molecule has 4 heterocycles. The molecule has 2 saturated carbocycles. The number of hydrogen-bond acceptors (Lipinski definition) is 9. The maximum Gasteiger partial charge on any atom is 0.224 e. The zero-order chi connectivity index (χ0) is 27.2. The number of carbonyl (C=O) groups is 2. The van der Waals surface area contributed by atoms with Gasteiger partial charge in [-0.3, -0.25) is 14.2 Å². The molecule has 4 aliphatic rings. The van der Waals surface area contributed by atoms with Gasteiger partial charge in [0, 0.05) is 59.3 Å². The van der Waals surface area contributed by atoms with E-state index in [4.69, 9.17) is 0 Å². The highest BCUT2D eigenvalue weighted by Crippen LogP contribution is 2.42. The fraction of sp³-hybridized carbons (Fsp3) is 0.600. The molecule has 3 aliphatic carbocycles. The van der Waals surface area contributed by atoms with Crippen LogP contribution in [0.15, 0.2) is 18.5 Å². The predicted octanol–water partition coefficient (Wildman–Crippen LogP) is 4.75. The van der Waals surface area contributed by atoms with E-state index < -0.39 is 0 Å². The van der Waals surface area contributed by atoms with Crippen LogP contribution in [0.2, 0.25) is 0 Å². The van der Waals surface area contributed by atoms with Gasteiger partial charge in [-0.1, -0.05) is 12.8 Å². The summed E-state index contributed by atoms with van der Waals surface area (Å²) in [6, 6.07) is 4.46. The van der Waals surface area contributed by atoms with E-state index in [-0.39, 0.29) is 23.8 Å². The number of fused-ring (bicyclic) bond motifs is 1. The molecule has 1 aliphatic heterocycles. The summed E-state index contributed by atoms with van der Waals surface area (Å²) in [5.41, 5.74) is 2.99. The van der Waals surface area contributed by atoms with Crippen LogP contribution in [0.1, 0.15) is 88.8 Å². The van der Waals surface area contributed by atoms with Gasteiger partial charge in [0.1, 0.15) is 12.1 Å². The zero-order valence-corrected chi connectivity index (χ0v) is 24.0. The lowest BCUT2D eigenvalue weighted by molar-refractivity contribution is -0.119. The summed E-state index contributed by atoms with van der Waals surface area (Å²) in [6.07, 6.45) is 12.0. The van der Waals surface area contributed by atoms with E-state index >= 15 is 0 Å². The highest BCUT2D eigenvalue weighted by atomic mass is 32.1. The van der Waals surface area contributed by atoms with Crippen molar-refractivity contribution in [2.24, 2.45) is 11.8 Å². The number of nitrogens with one attached hydrogen (secondary N) is 1. The maximum absolute atomic E-state index is 13.6. The molecule has 1 N–H and O–H groups in total. The Morgan fingerprint density at radius 2 is 1.95 bits per heavy atom. The lowest BCUT2D eigenvalue weighted by atomic mass is 9.88. The molecule has 0 aromatic carbocycles. The maximum atomic E-state index is 13.6. The third-order valence-electron chi connectivity index (χ3n) is 9.03. The molecule has 3 aromatic heterocycles. The van der Waals surface area contributed by atoms with Crippen molar-refractivity contribution in [1.29, 1.82) is 0 Å². The number of carbonyl (C=O) groups excluding carboxylic acids is 2. The molecular formula is C30H37N7O2S. The average Bonchev–Trinajstić information content (AvgIpc) is 3.85. The van der Waals surface area contributed by atoms with Gasteiger partial charge in [0.15, 0.2) is 11.6 Å². The second-order valence-electron chi connectivity index (χ2n) is 12.2. The lowest BCUT2D eigenvalue weighted by Gasteiger charge is -2.26. The Labute approximate surface area is 238 Å². The molecule has 3 aromatic rings. The topological polar surface area (TPSA) is 106 Å². The van der Waals surface area contributed by atoms with E-state index in [9.17, 15) is 9.59 Å². The Bertz CT molecular complexity index is 1410. The Balaban J connectivity index is 1.08. The van der Waals surface area contributed by atoms with E-state index in [1.165, 1.54) is 23.3 Å².